The first-order chi connectivity index (χ1) is 9.12. The molecule has 1 N–H and O–H groups in total. The third-order valence-electron chi connectivity index (χ3n) is 2.17. The zero-order valence-corrected chi connectivity index (χ0v) is 14.0. The van der Waals surface area contributed by atoms with Gasteiger partial charge in [0.15, 0.2) is 0 Å². The van der Waals surface area contributed by atoms with Crippen LogP contribution in [0.25, 0.3) is 0 Å². The number of hydrogen-bond acceptors (Lipinski definition) is 4. The second-order valence-electron chi connectivity index (χ2n) is 5.16. The van der Waals surface area contributed by atoms with Crippen molar-refractivity contribution in [3.05, 3.63) is 28.7 Å². The second kappa shape index (κ2) is 6.69. The van der Waals surface area contributed by atoms with Gasteiger partial charge in [-0.3, -0.25) is 4.79 Å². The molecule has 0 saturated carbocycles. The fourth-order valence-electron chi connectivity index (χ4n) is 1.42. The topological polar surface area (TPSA) is 72.5 Å². The first-order valence-corrected chi connectivity index (χ1v) is 8.35. The molecule has 0 amide bonds. The average Bonchev–Trinajstić information content (AvgIpc) is 2.26. The zero-order chi connectivity index (χ0) is 15.4. The van der Waals surface area contributed by atoms with E-state index in [0.717, 1.165) is 0 Å². The van der Waals surface area contributed by atoms with Crippen molar-refractivity contribution in [2.75, 3.05) is 6.54 Å². The minimum absolute atomic E-state index is 0.00141. The van der Waals surface area contributed by atoms with Crippen LogP contribution >= 0.6 is 15.9 Å². The summed E-state index contributed by atoms with van der Waals surface area (Å²) in [5.41, 5.74) is -0.571. The molecule has 20 heavy (non-hydrogen) atoms. The van der Waals surface area contributed by atoms with Crippen molar-refractivity contribution in [2.45, 2.75) is 37.7 Å². The van der Waals surface area contributed by atoms with Gasteiger partial charge in [0.2, 0.25) is 10.0 Å². The fourth-order valence-corrected chi connectivity index (χ4v) is 3.45. The smallest absolute Gasteiger partial charge is 0.307 e. The number of esters is 1. The van der Waals surface area contributed by atoms with Gasteiger partial charge in [-0.2, -0.15) is 0 Å². The summed E-state index contributed by atoms with van der Waals surface area (Å²) >= 11 is 3.18. The number of nitrogens with one attached hydrogen (secondary N) is 1. The van der Waals surface area contributed by atoms with Gasteiger partial charge < -0.3 is 4.74 Å². The summed E-state index contributed by atoms with van der Waals surface area (Å²) in [6.07, 6.45) is -0.0129. The van der Waals surface area contributed by atoms with E-state index < -0.39 is 21.6 Å². The van der Waals surface area contributed by atoms with Crippen molar-refractivity contribution in [3.63, 3.8) is 0 Å². The summed E-state index contributed by atoms with van der Waals surface area (Å²) in [5.74, 6) is -0.438. The molecule has 7 heteroatoms. The van der Waals surface area contributed by atoms with Crippen LogP contribution in [0, 0.1) is 0 Å². The van der Waals surface area contributed by atoms with Crippen LogP contribution in [0.5, 0.6) is 0 Å². The van der Waals surface area contributed by atoms with E-state index in [1.807, 2.05) is 0 Å². The molecule has 0 aliphatic rings. The maximum atomic E-state index is 12.0. The van der Waals surface area contributed by atoms with Crippen molar-refractivity contribution in [3.8, 4) is 0 Å². The number of ether oxygens (including phenoxy) is 1. The number of sulfonamides is 1. The van der Waals surface area contributed by atoms with Crippen molar-refractivity contribution in [1.29, 1.82) is 0 Å². The fraction of sp³-hybridized carbons (Fsp3) is 0.462. The monoisotopic (exact) mass is 363 g/mol. The highest BCUT2D eigenvalue weighted by Gasteiger charge is 2.19. The Hall–Kier alpha value is -0.920. The average molecular weight is 364 g/mol. The molecule has 0 heterocycles. The molecule has 1 aromatic carbocycles. The zero-order valence-electron chi connectivity index (χ0n) is 11.6. The van der Waals surface area contributed by atoms with Crippen molar-refractivity contribution >= 4 is 31.9 Å². The Morgan fingerprint density at radius 3 is 2.45 bits per heavy atom. The lowest BCUT2D eigenvalue weighted by molar-refractivity contribution is -0.154. The van der Waals surface area contributed by atoms with Crippen molar-refractivity contribution in [2.24, 2.45) is 0 Å². The summed E-state index contributed by atoms with van der Waals surface area (Å²) in [5, 5.41) is 0. The van der Waals surface area contributed by atoms with Crippen LogP contribution in [0.3, 0.4) is 0 Å². The Morgan fingerprint density at radius 1 is 1.30 bits per heavy atom. The van der Waals surface area contributed by atoms with Gasteiger partial charge >= 0.3 is 5.97 Å². The molecule has 5 nitrogen and oxygen atoms in total. The standard InChI is InChI=1S/C13H18BrNO4S/c1-13(2,3)19-12(16)8-9-15-20(17,18)11-7-5-4-6-10(11)14/h4-7,15H,8-9H2,1-3H3. The quantitative estimate of drug-likeness (QED) is 0.815. The van der Waals surface area contributed by atoms with Crippen LogP contribution in [0.1, 0.15) is 27.2 Å². The van der Waals surface area contributed by atoms with E-state index >= 15 is 0 Å². The minimum atomic E-state index is -3.63. The third kappa shape index (κ3) is 5.60. The van der Waals surface area contributed by atoms with Crippen molar-refractivity contribution in [1.82, 2.24) is 4.72 Å². The molecule has 1 aromatic rings. The van der Waals surface area contributed by atoms with Crippen LogP contribution < -0.4 is 4.72 Å². The lowest BCUT2D eigenvalue weighted by atomic mass is 10.2. The van der Waals surface area contributed by atoms with Gasteiger partial charge in [0.05, 0.1) is 11.3 Å². The first kappa shape index (κ1) is 17.1. The highest BCUT2D eigenvalue weighted by molar-refractivity contribution is 9.10. The number of benzene rings is 1. The molecule has 0 fully saturated rings. The lowest BCUT2D eigenvalue weighted by Crippen LogP contribution is -2.29. The molecule has 1 rings (SSSR count). The molecule has 112 valence electrons. The molecule has 0 aromatic heterocycles. The molecule has 0 radical (unpaired) electrons. The molecule has 0 atom stereocenters. The van der Waals surface area contributed by atoms with E-state index in [1.54, 1.807) is 39.0 Å². The van der Waals surface area contributed by atoms with Crippen LogP contribution in [0.4, 0.5) is 0 Å². The van der Waals surface area contributed by atoms with Gasteiger partial charge in [-0.25, -0.2) is 13.1 Å². The Morgan fingerprint density at radius 2 is 1.90 bits per heavy atom. The second-order valence-corrected chi connectivity index (χ2v) is 7.75. The minimum Gasteiger partial charge on any atom is -0.460 e. The van der Waals surface area contributed by atoms with Gasteiger partial charge in [0.1, 0.15) is 5.60 Å². The van der Waals surface area contributed by atoms with Crippen molar-refractivity contribution < 1.29 is 17.9 Å². The summed E-state index contributed by atoms with van der Waals surface area (Å²) < 4.78 is 32.0. The Bertz CT molecular complexity index is 578. The summed E-state index contributed by atoms with van der Waals surface area (Å²) in [7, 11) is -3.63. The summed E-state index contributed by atoms with van der Waals surface area (Å²) in [4.78, 5) is 11.6. The highest BCUT2D eigenvalue weighted by atomic mass is 79.9. The maximum absolute atomic E-state index is 12.0. The van der Waals surface area contributed by atoms with Gasteiger partial charge in [-0.15, -0.1) is 0 Å². The van der Waals surface area contributed by atoms with Gasteiger partial charge in [-0.1, -0.05) is 12.1 Å². The maximum Gasteiger partial charge on any atom is 0.307 e. The highest BCUT2D eigenvalue weighted by Crippen LogP contribution is 2.20. The van der Waals surface area contributed by atoms with Gasteiger partial charge in [-0.05, 0) is 48.8 Å². The first-order valence-electron chi connectivity index (χ1n) is 6.08. The van der Waals surface area contributed by atoms with Crippen LogP contribution in [0.15, 0.2) is 33.6 Å². The van der Waals surface area contributed by atoms with E-state index in [4.69, 9.17) is 4.74 Å². The lowest BCUT2D eigenvalue weighted by Gasteiger charge is -2.19. The van der Waals surface area contributed by atoms with E-state index in [2.05, 4.69) is 20.7 Å². The predicted molar refractivity (Wildman–Crippen MR) is 79.8 cm³/mol. The molecule has 0 bridgehead atoms. The summed E-state index contributed by atoms with van der Waals surface area (Å²) in [6.45, 7) is 5.28. The number of rotatable bonds is 5. The molecular weight excluding hydrogens is 346 g/mol. The Kier molecular flexibility index (Phi) is 5.73. The van der Waals surface area contributed by atoms with Crippen LogP contribution in [-0.2, 0) is 19.6 Å². The molecule has 0 unspecified atom stereocenters. The molecule has 0 spiro atoms. The van der Waals surface area contributed by atoms with E-state index in [9.17, 15) is 13.2 Å². The van der Waals surface area contributed by atoms with E-state index in [0.29, 0.717) is 4.47 Å². The third-order valence-corrected chi connectivity index (χ3v) is 4.64. The number of halogens is 1. The van der Waals surface area contributed by atoms with Crippen LogP contribution in [0.2, 0.25) is 0 Å². The van der Waals surface area contributed by atoms with E-state index in [-0.39, 0.29) is 17.9 Å². The number of hydrogen-bond donors (Lipinski definition) is 1. The summed E-state index contributed by atoms with van der Waals surface area (Å²) in [6, 6.07) is 6.49. The Labute approximate surface area is 127 Å². The molecule has 0 saturated heterocycles. The largest absolute Gasteiger partial charge is 0.460 e. The number of carbonyl (C=O) groups excluding carboxylic acids is 1. The van der Waals surface area contributed by atoms with Crippen LogP contribution in [-0.4, -0.2) is 26.5 Å². The van der Waals surface area contributed by atoms with E-state index in [1.165, 1.54) is 6.07 Å². The molecule has 0 aliphatic heterocycles. The predicted octanol–water partition coefficient (Wildman–Crippen LogP) is 2.46. The normalized spacial score (nSPS) is 12.2. The van der Waals surface area contributed by atoms with Gasteiger partial charge in [0.25, 0.3) is 0 Å². The SMILES string of the molecule is CC(C)(C)OC(=O)CCNS(=O)(=O)c1ccccc1Br. The molecule has 0 aliphatic carbocycles. The van der Waals surface area contributed by atoms with Gasteiger partial charge in [0, 0.05) is 11.0 Å². The Balaban J connectivity index is 2.58. The number of carbonyl (C=O) groups is 1. The molecular formula is C13H18BrNO4S.